The molecule has 0 aromatic heterocycles. The molecule has 1 aromatic carbocycles. The van der Waals surface area contributed by atoms with Gasteiger partial charge in [-0.15, -0.1) is 30.6 Å². The molecule has 118 valence electrons. The van der Waals surface area contributed by atoms with E-state index in [-0.39, 0.29) is 29.8 Å². The van der Waals surface area contributed by atoms with Crippen molar-refractivity contribution in [3.63, 3.8) is 0 Å². The van der Waals surface area contributed by atoms with Gasteiger partial charge in [-0.3, -0.25) is 4.99 Å². The summed E-state index contributed by atoms with van der Waals surface area (Å²) < 4.78 is 12.8. The van der Waals surface area contributed by atoms with Crippen LogP contribution in [0.4, 0.5) is 4.39 Å². The van der Waals surface area contributed by atoms with E-state index in [0.29, 0.717) is 0 Å². The molecule has 1 aromatic rings. The van der Waals surface area contributed by atoms with Crippen LogP contribution in [0.3, 0.4) is 0 Å². The molecule has 0 aliphatic heterocycles. The van der Waals surface area contributed by atoms with E-state index >= 15 is 0 Å². The first-order chi connectivity index (χ1) is 9.67. The second kappa shape index (κ2) is 11.5. The molecule has 0 aliphatic carbocycles. The first-order valence-electron chi connectivity index (χ1n) is 6.94. The molecule has 0 spiro atoms. The van der Waals surface area contributed by atoms with Crippen LogP contribution in [-0.4, -0.2) is 38.0 Å². The lowest BCUT2D eigenvalue weighted by atomic mass is 10.1. The number of halogens is 2. The van der Waals surface area contributed by atoms with E-state index in [2.05, 4.69) is 21.8 Å². The van der Waals surface area contributed by atoms with Crippen molar-refractivity contribution in [1.82, 2.24) is 10.2 Å². The van der Waals surface area contributed by atoms with Crippen molar-refractivity contribution in [2.75, 3.05) is 27.2 Å². The summed E-state index contributed by atoms with van der Waals surface area (Å²) in [5.74, 6) is 0.690. The molecule has 1 rings (SSSR count). The average Bonchev–Trinajstić information content (AvgIpc) is 2.45. The minimum absolute atomic E-state index is 0. The first-order valence-corrected chi connectivity index (χ1v) is 6.94. The Morgan fingerprint density at radius 2 is 2.05 bits per heavy atom. The molecule has 0 aliphatic rings. The van der Waals surface area contributed by atoms with Crippen LogP contribution in [0, 0.1) is 5.82 Å². The van der Waals surface area contributed by atoms with Gasteiger partial charge in [0.1, 0.15) is 5.82 Å². The maximum Gasteiger partial charge on any atom is 0.193 e. The van der Waals surface area contributed by atoms with Crippen LogP contribution < -0.4 is 5.32 Å². The summed E-state index contributed by atoms with van der Waals surface area (Å²) in [7, 11) is 3.81. The molecule has 0 fully saturated rings. The number of guanidine groups is 1. The SMILES string of the molecule is C=CCCCN(C)C(=NC)NCCc1ccc(F)cc1.I. The topological polar surface area (TPSA) is 27.6 Å². The summed E-state index contributed by atoms with van der Waals surface area (Å²) in [4.78, 5) is 6.36. The zero-order valence-electron chi connectivity index (χ0n) is 12.8. The Morgan fingerprint density at radius 1 is 1.38 bits per heavy atom. The van der Waals surface area contributed by atoms with Gasteiger partial charge in [0, 0.05) is 27.2 Å². The minimum Gasteiger partial charge on any atom is -0.356 e. The number of unbranched alkanes of at least 4 members (excludes halogenated alkanes) is 1. The van der Waals surface area contributed by atoms with Gasteiger partial charge in [-0.1, -0.05) is 18.2 Å². The van der Waals surface area contributed by atoms with Crippen LogP contribution in [0.15, 0.2) is 41.9 Å². The quantitative estimate of drug-likeness (QED) is 0.247. The Hall–Kier alpha value is -1.11. The van der Waals surface area contributed by atoms with Gasteiger partial charge in [0.25, 0.3) is 0 Å². The summed E-state index contributed by atoms with van der Waals surface area (Å²) >= 11 is 0. The highest BCUT2D eigenvalue weighted by Crippen LogP contribution is 2.03. The van der Waals surface area contributed by atoms with Crippen LogP contribution in [0.1, 0.15) is 18.4 Å². The van der Waals surface area contributed by atoms with Gasteiger partial charge in [-0.2, -0.15) is 0 Å². The molecular formula is C16H25FIN3. The monoisotopic (exact) mass is 405 g/mol. The van der Waals surface area contributed by atoms with Gasteiger partial charge in [0.15, 0.2) is 5.96 Å². The zero-order chi connectivity index (χ0) is 14.8. The van der Waals surface area contributed by atoms with Crippen LogP contribution >= 0.6 is 24.0 Å². The molecule has 0 heterocycles. The standard InChI is InChI=1S/C16H24FN3.HI/c1-4-5-6-13-20(3)16(18-2)19-12-11-14-7-9-15(17)10-8-14;/h4,7-10H,1,5-6,11-13H2,2-3H3,(H,18,19);1H. The highest BCUT2D eigenvalue weighted by Gasteiger charge is 2.04. The molecule has 0 amide bonds. The summed E-state index contributed by atoms with van der Waals surface area (Å²) in [6.45, 7) is 5.45. The molecular weight excluding hydrogens is 380 g/mol. The molecule has 3 nitrogen and oxygen atoms in total. The number of benzene rings is 1. The van der Waals surface area contributed by atoms with E-state index in [4.69, 9.17) is 0 Å². The van der Waals surface area contributed by atoms with E-state index in [1.165, 1.54) is 12.1 Å². The van der Waals surface area contributed by atoms with E-state index in [1.807, 2.05) is 25.3 Å². The Bertz CT molecular complexity index is 432. The Morgan fingerprint density at radius 3 is 2.62 bits per heavy atom. The molecule has 5 heteroatoms. The maximum absolute atomic E-state index is 12.8. The third-order valence-corrected chi connectivity index (χ3v) is 3.09. The Labute approximate surface area is 144 Å². The Balaban J connectivity index is 0.00000400. The second-order valence-electron chi connectivity index (χ2n) is 4.70. The average molecular weight is 405 g/mol. The fraction of sp³-hybridized carbons (Fsp3) is 0.438. The van der Waals surface area contributed by atoms with Crippen molar-refractivity contribution in [2.24, 2.45) is 4.99 Å². The maximum atomic E-state index is 12.8. The highest BCUT2D eigenvalue weighted by atomic mass is 127. The van der Waals surface area contributed by atoms with Crippen molar-refractivity contribution < 1.29 is 4.39 Å². The van der Waals surface area contributed by atoms with E-state index in [9.17, 15) is 4.39 Å². The largest absolute Gasteiger partial charge is 0.356 e. The summed E-state index contributed by atoms with van der Waals surface area (Å²) in [6, 6.07) is 6.61. The lowest BCUT2D eigenvalue weighted by Gasteiger charge is -2.21. The minimum atomic E-state index is -0.195. The van der Waals surface area contributed by atoms with E-state index in [0.717, 1.165) is 43.9 Å². The van der Waals surface area contributed by atoms with Crippen molar-refractivity contribution in [2.45, 2.75) is 19.3 Å². The fourth-order valence-corrected chi connectivity index (χ4v) is 1.93. The third kappa shape index (κ3) is 8.04. The predicted molar refractivity (Wildman–Crippen MR) is 98.9 cm³/mol. The number of hydrogen-bond acceptors (Lipinski definition) is 1. The van der Waals surface area contributed by atoms with Gasteiger partial charge in [0.05, 0.1) is 0 Å². The summed E-state index contributed by atoms with van der Waals surface area (Å²) in [5, 5.41) is 3.32. The predicted octanol–water partition coefficient (Wildman–Crippen LogP) is 3.46. The van der Waals surface area contributed by atoms with E-state index in [1.54, 1.807) is 7.05 Å². The lowest BCUT2D eigenvalue weighted by molar-refractivity contribution is 0.470. The number of rotatable bonds is 7. The zero-order valence-corrected chi connectivity index (χ0v) is 15.1. The second-order valence-corrected chi connectivity index (χ2v) is 4.70. The molecule has 1 N–H and O–H groups in total. The van der Waals surface area contributed by atoms with Gasteiger partial charge >= 0.3 is 0 Å². The number of nitrogens with one attached hydrogen (secondary N) is 1. The molecule has 0 radical (unpaired) electrons. The van der Waals surface area contributed by atoms with Crippen LogP contribution in [0.25, 0.3) is 0 Å². The van der Waals surface area contributed by atoms with Crippen LogP contribution in [-0.2, 0) is 6.42 Å². The van der Waals surface area contributed by atoms with Crippen molar-refractivity contribution in [1.29, 1.82) is 0 Å². The molecule has 0 bridgehead atoms. The van der Waals surface area contributed by atoms with Crippen molar-refractivity contribution >= 4 is 29.9 Å². The lowest BCUT2D eigenvalue weighted by Crippen LogP contribution is -2.40. The molecule has 21 heavy (non-hydrogen) atoms. The normalized spacial score (nSPS) is 10.7. The fourth-order valence-electron chi connectivity index (χ4n) is 1.93. The number of allylic oxidation sites excluding steroid dienone is 1. The van der Waals surface area contributed by atoms with Crippen LogP contribution in [0.5, 0.6) is 0 Å². The van der Waals surface area contributed by atoms with Gasteiger partial charge in [-0.25, -0.2) is 4.39 Å². The van der Waals surface area contributed by atoms with Crippen molar-refractivity contribution in [3.05, 3.63) is 48.3 Å². The Kier molecular flexibility index (Phi) is 10.9. The van der Waals surface area contributed by atoms with Gasteiger partial charge < -0.3 is 10.2 Å². The number of nitrogens with zero attached hydrogens (tertiary/aromatic N) is 2. The summed E-state index contributed by atoms with van der Waals surface area (Å²) in [6.07, 6.45) is 4.86. The summed E-state index contributed by atoms with van der Waals surface area (Å²) in [5.41, 5.74) is 1.11. The van der Waals surface area contributed by atoms with E-state index < -0.39 is 0 Å². The molecule has 0 saturated carbocycles. The molecule has 0 saturated heterocycles. The third-order valence-electron chi connectivity index (χ3n) is 3.09. The smallest absolute Gasteiger partial charge is 0.193 e. The van der Waals surface area contributed by atoms with Crippen LogP contribution in [0.2, 0.25) is 0 Å². The van der Waals surface area contributed by atoms with Crippen molar-refractivity contribution in [3.8, 4) is 0 Å². The van der Waals surface area contributed by atoms with Gasteiger partial charge in [0.2, 0.25) is 0 Å². The highest BCUT2D eigenvalue weighted by molar-refractivity contribution is 14.0. The number of hydrogen-bond donors (Lipinski definition) is 1. The molecule has 0 unspecified atom stereocenters. The van der Waals surface area contributed by atoms with Gasteiger partial charge in [-0.05, 0) is 37.0 Å². The number of aliphatic imine (C=N–C) groups is 1. The molecule has 0 atom stereocenters. The first kappa shape index (κ1) is 19.9.